The Morgan fingerprint density at radius 1 is 1.50 bits per heavy atom. The van der Waals surface area contributed by atoms with Gasteiger partial charge in [-0.15, -0.1) is 6.58 Å². The fourth-order valence-corrected chi connectivity index (χ4v) is 4.54. The van der Waals surface area contributed by atoms with Gasteiger partial charge in [-0.2, -0.15) is 0 Å². The first kappa shape index (κ1) is 15.3. The van der Waals surface area contributed by atoms with E-state index in [2.05, 4.69) is 23.3 Å². The van der Waals surface area contributed by atoms with E-state index in [0.717, 1.165) is 44.5 Å². The smallest absolute Gasteiger partial charge is 0.223 e. The third-order valence-corrected chi connectivity index (χ3v) is 5.36. The van der Waals surface area contributed by atoms with Crippen LogP contribution in [0.1, 0.15) is 44.8 Å². The van der Waals surface area contributed by atoms with Gasteiger partial charge in [0.25, 0.3) is 0 Å². The highest BCUT2D eigenvalue weighted by atomic mass is 16.3. The second-order valence-corrected chi connectivity index (χ2v) is 6.47. The zero-order valence-electron chi connectivity index (χ0n) is 13.5. The Balaban J connectivity index is 1.86. The number of likely N-dealkylation sites (tertiary alicyclic amines) is 2. The number of furan rings is 1. The van der Waals surface area contributed by atoms with Crippen molar-refractivity contribution in [2.24, 2.45) is 0 Å². The Hall–Kier alpha value is -1.55. The summed E-state index contributed by atoms with van der Waals surface area (Å²) < 4.78 is 5.54. The molecule has 2 aliphatic rings. The molecule has 0 N–H and O–H groups in total. The molecule has 1 amide bonds. The third kappa shape index (κ3) is 2.50. The highest BCUT2D eigenvalue weighted by Crippen LogP contribution is 2.43. The summed E-state index contributed by atoms with van der Waals surface area (Å²) in [6, 6.07) is 4.38. The lowest BCUT2D eigenvalue weighted by molar-refractivity contribution is -0.134. The topological polar surface area (TPSA) is 36.7 Å². The molecule has 4 heteroatoms. The van der Waals surface area contributed by atoms with E-state index in [-0.39, 0.29) is 11.4 Å². The number of amides is 1. The summed E-state index contributed by atoms with van der Waals surface area (Å²) in [5, 5.41) is 0. The summed E-state index contributed by atoms with van der Waals surface area (Å²) in [5.41, 5.74) is -0.00906. The highest BCUT2D eigenvalue weighted by Gasteiger charge is 2.52. The molecule has 2 saturated heterocycles. The predicted octanol–water partition coefficient (Wildman–Crippen LogP) is 3.20. The average molecular weight is 302 g/mol. The Kier molecular flexibility index (Phi) is 4.39. The molecule has 1 aromatic heterocycles. The lowest BCUT2D eigenvalue weighted by Gasteiger charge is -2.52. The first-order valence-electron chi connectivity index (χ1n) is 8.39. The van der Waals surface area contributed by atoms with Gasteiger partial charge in [-0.3, -0.25) is 9.69 Å². The standard InChI is InChI=1S/C18H26N2O2/c1-3-11-20-17(21)8-10-18(20)9-6-12-19(16(18)4-2)14-15-7-5-13-22-15/h3,5,7,13,16H,1,4,6,8-12,14H2,2H3/t16-,18-/m0/s1. The molecule has 0 aromatic carbocycles. The second-order valence-electron chi connectivity index (χ2n) is 6.47. The molecule has 0 radical (unpaired) electrons. The van der Waals surface area contributed by atoms with Gasteiger partial charge in [0.1, 0.15) is 5.76 Å². The molecule has 1 aromatic rings. The zero-order chi connectivity index (χ0) is 15.6. The third-order valence-electron chi connectivity index (χ3n) is 5.36. The second kappa shape index (κ2) is 6.29. The predicted molar refractivity (Wildman–Crippen MR) is 86.3 cm³/mol. The van der Waals surface area contributed by atoms with Crippen LogP contribution < -0.4 is 0 Å². The van der Waals surface area contributed by atoms with Gasteiger partial charge in [-0.25, -0.2) is 0 Å². The van der Waals surface area contributed by atoms with Gasteiger partial charge >= 0.3 is 0 Å². The van der Waals surface area contributed by atoms with E-state index >= 15 is 0 Å². The van der Waals surface area contributed by atoms with E-state index in [0.29, 0.717) is 19.0 Å². The molecule has 0 saturated carbocycles. The lowest BCUT2D eigenvalue weighted by atomic mass is 9.77. The van der Waals surface area contributed by atoms with Crippen LogP contribution in [0, 0.1) is 0 Å². The van der Waals surface area contributed by atoms with Crippen molar-refractivity contribution in [3.05, 3.63) is 36.8 Å². The van der Waals surface area contributed by atoms with Crippen LogP contribution in [-0.4, -0.2) is 40.4 Å². The normalized spacial score (nSPS) is 29.4. The molecule has 3 heterocycles. The van der Waals surface area contributed by atoms with Gasteiger partial charge in [0, 0.05) is 19.0 Å². The molecule has 4 nitrogen and oxygen atoms in total. The van der Waals surface area contributed by atoms with Crippen molar-refractivity contribution in [2.45, 2.75) is 57.2 Å². The number of hydrogen-bond acceptors (Lipinski definition) is 3. The summed E-state index contributed by atoms with van der Waals surface area (Å²) in [5.74, 6) is 1.30. The number of nitrogens with zero attached hydrogens (tertiary/aromatic N) is 2. The van der Waals surface area contributed by atoms with E-state index in [1.807, 2.05) is 18.2 Å². The van der Waals surface area contributed by atoms with Crippen LogP contribution in [0.4, 0.5) is 0 Å². The van der Waals surface area contributed by atoms with Gasteiger partial charge in [0.05, 0.1) is 18.3 Å². The van der Waals surface area contributed by atoms with Crippen molar-refractivity contribution in [3.63, 3.8) is 0 Å². The highest BCUT2D eigenvalue weighted by molar-refractivity contribution is 5.80. The van der Waals surface area contributed by atoms with Crippen LogP contribution in [0.15, 0.2) is 35.5 Å². The minimum atomic E-state index is -0.00906. The van der Waals surface area contributed by atoms with Crippen molar-refractivity contribution in [3.8, 4) is 0 Å². The van der Waals surface area contributed by atoms with Crippen molar-refractivity contribution in [2.75, 3.05) is 13.1 Å². The maximum absolute atomic E-state index is 12.4. The lowest BCUT2D eigenvalue weighted by Crippen LogP contribution is -2.62. The molecule has 3 rings (SSSR count). The van der Waals surface area contributed by atoms with E-state index in [9.17, 15) is 4.79 Å². The van der Waals surface area contributed by atoms with Crippen LogP contribution in [0.25, 0.3) is 0 Å². The van der Waals surface area contributed by atoms with Crippen LogP contribution in [0.3, 0.4) is 0 Å². The van der Waals surface area contributed by atoms with Crippen LogP contribution >= 0.6 is 0 Å². The molecule has 22 heavy (non-hydrogen) atoms. The maximum Gasteiger partial charge on any atom is 0.223 e. The maximum atomic E-state index is 12.4. The van der Waals surface area contributed by atoms with E-state index < -0.39 is 0 Å². The van der Waals surface area contributed by atoms with Gasteiger partial charge in [-0.05, 0) is 44.4 Å². The van der Waals surface area contributed by atoms with Gasteiger partial charge in [0.2, 0.25) is 5.91 Å². The average Bonchev–Trinajstić information content (AvgIpc) is 3.12. The fourth-order valence-electron chi connectivity index (χ4n) is 4.54. The van der Waals surface area contributed by atoms with Crippen molar-refractivity contribution >= 4 is 5.91 Å². The van der Waals surface area contributed by atoms with Gasteiger partial charge < -0.3 is 9.32 Å². The Morgan fingerprint density at radius 3 is 3.05 bits per heavy atom. The summed E-state index contributed by atoms with van der Waals surface area (Å²) >= 11 is 0. The minimum absolute atomic E-state index is 0.00906. The summed E-state index contributed by atoms with van der Waals surface area (Å²) in [4.78, 5) is 17.0. The van der Waals surface area contributed by atoms with Crippen LogP contribution in [0.5, 0.6) is 0 Å². The van der Waals surface area contributed by atoms with Crippen molar-refractivity contribution in [1.29, 1.82) is 0 Å². The monoisotopic (exact) mass is 302 g/mol. The van der Waals surface area contributed by atoms with Gasteiger partial charge in [0.15, 0.2) is 0 Å². The molecule has 1 spiro atoms. The van der Waals surface area contributed by atoms with Crippen molar-refractivity contribution < 1.29 is 9.21 Å². The molecule has 2 fully saturated rings. The van der Waals surface area contributed by atoms with E-state index in [1.54, 1.807) is 6.26 Å². The first-order chi connectivity index (χ1) is 10.7. The first-order valence-corrected chi connectivity index (χ1v) is 8.39. The Labute approximate surface area is 132 Å². The Bertz CT molecular complexity index is 525. The quantitative estimate of drug-likeness (QED) is 0.784. The van der Waals surface area contributed by atoms with Gasteiger partial charge in [-0.1, -0.05) is 13.0 Å². The Morgan fingerprint density at radius 2 is 2.36 bits per heavy atom. The molecule has 0 aliphatic carbocycles. The molecule has 2 aliphatic heterocycles. The number of piperidine rings is 1. The molecule has 120 valence electrons. The molecular formula is C18H26N2O2. The number of carbonyl (C=O) groups excluding carboxylic acids is 1. The van der Waals surface area contributed by atoms with E-state index in [4.69, 9.17) is 4.42 Å². The molecule has 2 atom stereocenters. The minimum Gasteiger partial charge on any atom is -0.468 e. The van der Waals surface area contributed by atoms with Crippen LogP contribution in [0.2, 0.25) is 0 Å². The fraction of sp³-hybridized carbons (Fsp3) is 0.611. The largest absolute Gasteiger partial charge is 0.468 e. The van der Waals surface area contributed by atoms with Crippen LogP contribution in [-0.2, 0) is 11.3 Å². The summed E-state index contributed by atoms with van der Waals surface area (Å²) in [7, 11) is 0. The number of hydrogen-bond donors (Lipinski definition) is 0. The number of rotatable bonds is 5. The molecule has 0 bridgehead atoms. The molecule has 0 unspecified atom stereocenters. The SMILES string of the molecule is C=CCN1C(=O)CC[C@]12CCCN(Cc1ccco1)[C@H]2CC. The summed E-state index contributed by atoms with van der Waals surface area (Å²) in [6.07, 6.45) is 8.56. The van der Waals surface area contributed by atoms with E-state index in [1.165, 1.54) is 0 Å². The summed E-state index contributed by atoms with van der Waals surface area (Å²) in [6.45, 7) is 8.67. The molecular weight excluding hydrogens is 276 g/mol. The number of carbonyl (C=O) groups is 1. The zero-order valence-corrected chi connectivity index (χ0v) is 13.5. The van der Waals surface area contributed by atoms with Crippen molar-refractivity contribution in [1.82, 2.24) is 9.80 Å².